The number of aliphatic hydroxyl groups is 1. The van der Waals surface area contributed by atoms with Crippen LogP contribution in [0.4, 0.5) is 0 Å². The van der Waals surface area contributed by atoms with Gasteiger partial charge in [0, 0.05) is 12.3 Å². The summed E-state index contributed by atoms with van der Waals surface area (Å²) >= 11 is 0. The monoisotopic (exact) mass is 420 g/mol. The molecule has 1 aromatic rings. The highest BCUT2D eigenvalue weighted by molar-refractivity contribution is 6.02. The molecule has 1 aliphatic rings. The number of phenolic OH excluding ortho intramolecular Hbond substituents is 1. The summed E-state index contributed by atoms with van der Waals surface area (Å²) in [6.07, 6.45) is -0.357. The number of carbonyl (C=O) groups excluding carboxylic acids is 3. The molecule has 0 bridgehead atoms. The maximum absolute atomic E-state index is 13.0. The Kier molecular flexibility index (Phi) is 7.64. The number of benzene rings is 1. The van der Waals surface area contributed by atoms with Crippen LogP contribution in [0.5, 0.6) is 5.75 Å². The fourth-order valence-electron chi connectivity index (χ4n) is 3.79. The first-order chi connectivity index (χ1) is 13.9. The average molecular weight is 421 g/mol. The Morgan fingerprint density at radius 1 is 1.03 bits per heavy atom. The third-order valence-corrected chi connectivity index (χ3v) is 5.17. The second-order valence-corrected chi connectivity index (χ2v) is 9.12. The van der Waals surface area contributed by atoms with Gasteiger partial charge in [-0.3, -0.25) is 14.4 Å². The maximum atomic E-state index is 13.0. The predicted octanol–water partition coefficient (Wildman–Crippen LogP) is 2.83. The van der Waals surface area contributed by atoms with Gasteiger partial charge in [0.2, 0.25) is 0 Å². The lowest BCUT2D eigenvalue weighted by atomic mass is 9.61. The molecule has 0 unspecified atom stereocenters. The minimum absolute atomic E-state index is 0.00511. The van der Waals surface area contributed by atoms with Gasteiger partial charge in [0.15, 0.2) is 5.78 Å². The second-order valence-electron chi connectivity index (χ2n) is 9.12. The molecule has 0 saturated heterocycles. The van der Waals surface area contributed by atoms with Crippen molar-refractivity contribution >= 4 is 17.7 Å². The zero-order valence-corrected chi connectivity index (χ0v) is 18.3. The molecular formula is C23H32O7. The average Bonchev–Trinajstić information content (AvgIpc) is 2.63. The quantitative estimate of drug-likeness (QED) is 0.515. The van der Waals surface area contributed by atoms with Crippen molar-refractivity contribution in [2.45, 2.75) is 52.6 Å². The van der Waals surface area contributed by atoms with Gasteiger partial charge in [-0.1, -0.05) is 39.8 Å². The van der Waals surface area contributed by atoms with Crippen LogP contribution in [0.2, 0.25) is 0 Å². The van der Waals surface area contributed by atoms with Gasteiger partial charge in [-0.15, -0.1) is 0 Å². The number of esters is 2. The molecule has 0 amide bonds. The Labute approximate surface area is 177 Å². The highest BCUT2D eigenvalue weighted by atomic mass is 16.5. The van der Waals surface area contributed by atoms with Gasteiger partial charge in [0.05, 0.1) is 24.7 Å². The van der Waals surface area contributed by atoms with E-state index in [2.05, 4.69) is 0 Å². The number of rotatable bonds is 7. The van der Waals surface area contributed by atoms with Crippen LogP contribution in [0.15, 0.2) is 24.3 Å². The lowest BCUT2D eigenvalue weighted by Gasteiger charge is -2.43. The highest BCUT2D eigenvalue weighted by Crippen LogP contribution is 2.47. The number of hydrogen-bond acceptors (Lipinski definition) is 7. The molecule has 30 heavy (non-hydrogen) atoms. The molecule has 2 rings (SSSR count). The van der Waals surface area contributed by atoms with E-state index in [0.717, 1.165) is 0 Å². The number of ether oxygens (including phenoxy) is 2. The molecule has 2 N–H and O–H groups in total. The van der Waals surface area contributed by atoms with Crippen molar-refractivity contribution < 1.29 is 34.1 Å². The minimum atomic E-state index is -1.69. The van der Waals surface area contributed by atoms with Crippen LogP contribution in [0.1, 0.15) is 52.5 Å². The third-order valence-electron chi connectivity index (χ3n) is 5.17. The molecule has 1 saturated carbocycles. The third kappa shape index (κ3) is 5.59. The first kappa shape index (κ1) is 23.9. The number of ketones is 1. The Balaban J connectivity index is 2.51. The van der Waals surface area contributed by atoms with E-state index < -0.39 is 41.1 Å². The minimum Gasteiger partial charge on any atom is -0.508 e. The molecule has 0 aliphatic heterocycles. The standard InChI is InChI=1S/C23H32O7/c1-13(2)11-29-21(26)19-17(25)10-23(5,28)20(22(27)30-12-14(3)4)18(19)15-6-8-16(24)9-7-15/h6-9,13-14,18-20,24,28H,10-12H2,1-5H3/t18-,19-,20+,23-/m1/s1. The van der Waals surface area contributed by atoms with Crippen LogP contribution >= 0.6 is 0 Å². The summed E-state index contributed by atoms with van der Waals surface area (Å²) in [4.78, 5) is 38.8. The van der Waals surface area contributed by atoms with Crippen molar-refractivity contribution in [1.29, 1.82) is 0 Å². The SMILES string of the molecule is CC(C)COC(=O)[C@@H]1C(=O)C[C@@](C)(O)[C@H](C(=O)OCC(C)C)[C@@H]1c1ccc(O)cc1. The van der Waals surface area contributed by atoms with Crippen LogP contribution in [0.25, 0.3) is 0 Å². The first-order valence-corrected chi connectivity index (χ1v) is 10.3. The maximum Gasteiger partial charge on any atom is 0.317 e. The largest absolute Gasteiger partial charge is 0.508 e. The summed E-state index contributed by atoms with van der Waals surface area (Å²) < 4.78 is 10.7. The van der Waals surface area contributed by atoms with Gasteiger partial charge in [-0.2, -0.15) is 0 Å². The van der Waals surface area contributed by atoms with E-state index in [1.165, 1.54) is 19.1 Å². The molecule has 1 aromatic carbocycles. The number of phenols is 1. The molecule has 1 fully saturated rings. The molecule has 7 nitrogen and oxygen atoms in total. The van der Waals surface area contributed by atoms with Crippen LogP contribution < -0.4 is 0 Å². The van der Waals surface area contributed by atoms with E-state index in [0.29, 0.717) is 5.56 Å². The van der Waals surface area contributed by atoms with Crippen LogP contribution in [-0.2, 0) is 23.9 Å². The topological polar surface area (TPSA) is 110 Å². The normalized spacial score (nSPS) is 26.7. The summed E-state index contributed by atoms with van der Waals surface area (Å²) in [7, 11) is 0. The van der Waals surface area contributed by atoms with Crippen LogP contribution in [0.3, 0.4) is 0 Å². The smallest absolute Gasteiger partial charge is 0.317 e. The summed E-state index contributed by atoms with van der Waals surface area (Å²) in [5, 5.41) is 20.7. The van der Waals surface area contributed by atoms with E-state index in [4.69, 9.17) is 9.47 Å². The Bertz CT molecular complexity index is 764. The number of hydrogen-bond donors (Lipinski definition) is 2. The van der Waals surface area contributed by atoms with Crippen LogP contribution in [0, 0.1) is 23.7 Å². The first-order valence-electron chi connectivity index (χ1n) is 10.3. The van der Waals surface area contributed by atoms with Crippen molar-refractivity contribution in [3.05, 3.63) is 29.8 Å². The summed E-state index contributed by atoms with van der Waals surface area (Å²) in [6, 6.07) is 5.91. The summed E-state index contributed by atoms with van der Waals surface area (Å²) in [5.41, 5.74) is -1.22. The molecule has 0 heterocycles. The number of aromatic hydroxyl groups is 1. The van der Waals surface area contributed by atoms with Crippen molar-refractivity contribution in [1.82, 2.24) is 0 Å². The highest BCUT2D eigenvalue weighted by Gasteiger charge is 2.57. The number of Topliss-reactive ketones (excluding diaryl/α,β-unsaturated/α-hetero) is 1. The molecule has 166 valence electrons. The number of carbonyl (C=O) groups is 3. The van der Waals surface area contributed by atoms with E-state index >= 15 is 0 Å². The van der Waals surface area contributed by atoms with Gasteiger partial charge in [-0.05, 0) is 36.5 Å². The second kappa shape index (κ2) is 9.60. The molecule has 0 spiro atoms. The Morgan fingerprint density at radius 3 is 2.03 bits per heavy atom. The lowest BCUT2D eigenvalue weighted by molar-refractivity contribution is -0.173. The van der Waals surface area contributed by atoms with Crippen molar-refractivity contribution in [3.8, 4) is 5.75 Å². The van der Waals surface area contributed by atoms with Crippen molar-refractivity contribution in [2.75, 3.05) is 13.2 Å². The molecule has 7 heteroatoms. The Hall–Kier alpha value is -2.41. The van der Waals surface area contributed by atoms with Gasteiger partial charge in [0.25, 0.3) is 0 Å². The zero-order valence-electron chi connectivity index (χ0n) is 18.3. The van der Waals surface area contributed by atoms with E-state index in [1.807, 2.05) is 27.7 Å². The molecule has 4 atom stereocenters. The Morgan fingerprint density at radius 2 is 1.53 bits per heavy atom. The predicted molar refractivity (Wildman–Crippen MR) is 110 cm³/mol. The molecule has 0 aromatic heterocycles. The van der Waals surface area contributed by atoms with Gasteiger partial charge >= 0.3 is 11.9 Å². The van der Waals surface area contributed by atoms with Crippen molar-refractivity contribution in [3.63, 3.8) is 0 Å². The molecular weight excluding hydrogens is 388 g/mol. The van der Waals surface area contributed by atoms with Crippen molar-refractivity contribution in [2.24, 2.45) is 23.7 Å². The van der Waals surface area contributed by atoms with E-state index in [1.54, 1.807) is 12.1 Å². The fourth-order valence-corrected chi connectivity index (χ4v) is 3.79. The van der Waals surface area contributed by atoms with Gasteiger partial charge in [-0.25, -0.2) is 0 Å². The zero-order chi connectivity index (χ0) is 22.6. The van der Waals surface area contributed by atoms with E-state index in [-0.39, 0.29) is 37.2 Å². The van der Waals surface area contributed by atoms with Gasteiger partial charge in [0.1, 0.15) is 11.7 Å². The molecule has 1 aliphatic carbocycles. The molecule has 0 radical (unpaired) electrons. The fraction of sp³-hybridized carbons (Fsp3) is 0.609. The summed E-state index contributed by atoms with van der Waals surface area (Å²) in [5.74, 6) is -5.06. The van der Waals surface area contributed by atoms with Crippen LogP contribution in [-0.4, -0.2) is 46.7 Å². The van der Waals surface area contributed by atoms with E-state index in [9.17, 15) is 24.6 Å². The van der Waals surface area contributed by atoms with Gasteiger partial charge < -0.3 is 19.7 Å². The summed E-state index contributed by atoms with van der Waals surface area (Å²) in [6.45, 7) is 9.25. The lowest BCUT2D eigenvalue weighted by Crippen LogP contribution is -2.55.